The van der Waals surface area contributed by atoms with Crippen molar-refractivity contribution in [1.29, 1.82) is 0 Å². The van der Waals surface area contributed by atoms with Crippen LogP contribution >= 0.6 is 0 Å². The maximum Gasteiger partial charge on any atom is 0.336 e. The number of unbranched alkanes of at least 4 members (excludes halogenated alkanes) is 4. The highest BCUT2D eigenvalue weighted by atomic mass is 16.5. The number of rotatable bonds is 11. The first-order chi connectivity index (χ1) is 12.7. The molecule has 2 aromatic rings. The molecule has 0 spiro atoms. The molecule has 0 fully saturated rings. The minimum atomic E-state index is -0.890. The summed E-state index contributed by atoms with van der Waals surface area (Å²) in [6.45, 7) is 5.09. The molecule has 0 unspecified atom stereocenters. The van der Waals surface area contributed by atoms with Crippen LogP contribution in [0.25, 0.3) is 11.1 Å². The van der Waals surface area contributed by atoms with Gasteiger partial charge in [-0.05, 0) is 54.2 Å². The van der Waals surface area contributed by atoms with Crippen LogP contribution in [0.15, 0.2) is 42.5 Å². The smallest absolute Gasteiger partial charge is 0.336 e. The van der Waals surface area contributed by atoms with Gasteiger partial charge in [-0.2, -0.15) is 0 Å². The van der Waals surface area contributed by atoms with Crippen LogP contribution in [0.1, 0.15) is 68.3 Å². The number of aromatic carboxylic acids is 1. The van der Waals surface area contributed by atoms with E-state index in [1.165, 1.54) is 24.8 Å². The van der Waals surface area contributed by atoms with Gasteiger partial charge < -0.3 is 9.84 Å². The molecule has 0 bridgehead atoms. The van der Waals surface area contributed by atoms with Gasteiger partial charge in [0, 0.05) is 0 Å². The topological polar surface area (TPSA) is 46.5 Å². The molecule has 3 nitrogen and oxygen atoms in total. The molecular weight excluding hydrogens is 324 g/mol. The molecule has 0 atom stereocenters. The van der Waals surface area contributed by atoms with E-state index in [-0.39, 0.29) is 0 Å². The SMILES string of the molecule is CCCCCCOc1ccc(-c2cc(CCCC)ccc2C(=O)O)cc1. The first-order valence-electron chi connectivity index (χ1n) is 9.75. The molecule has 0 saturated heterocycles. The van der Waals surface area contributed by atoms with Crippen LogP contribution in [0.4, 0.5) is 0 Å². The molecule has 2 rings (SSSR count). The molecule has 0 aliphatic carbocycles. The number of ether oxygens (including phenoxy) is 1. The summed E-state index contributed by atoms with van der Waals surface area (Å²) in [7, 11) is 0. The van der Waals surface area contributed by atoms with E-state index in [2.05, 4.69) is 13.8 Å². The van der Waals surface area contributed by atoms with Gasteiger partial charge in [0.1, 0.15) is 5.75 Å². The van der Waals surface area contributed by atoms with Gasteiger partial charge in [0.05, 0.1) is 12.2 Å². The van der Waals surface area contributed by atoms with Crippen molar-refractivity contribution in [2.24, 2.45) is 0 Å². The van der Waals surface area contributed by atoms with Crippen molar-refractivity contribution in [3.8, 4) is 16.9 Å². The van der Waals surface area contributed by atoms with Crippen LogP contribution in [0, 0.1) is 0 Å². The lowest BCUT2D eigenvalue weighted by Crippen LogP contribution is -2.01. The quantitative estimate of drug-likeness (QED) is 0.478. The highest BCUT2D eigenvalue weighted by Crippen LogP contribution is 2.28. The number of carboxylic acid groups (broad SMARTS) is 1. The molecule has 0 aliphatic rings. The van der Waals surface area contributed by atoms with E-state index in [1.54, 1.807) is 6.07 Å². The van der Waals surface area contributed by atoms with Crippen LogP contribution in [0.2, 0.25) is 0 Å². The van der Waals surface area contributed by atoms with Crippen LogP contribution < -0.4 is 4.74 Å². The Balaban J connectivity index is 2.12. The maximum absolute atomic E-state index is 11.6. The number of carboxylic acids is 1. The van der Waals surface area contributed by atoms with E-state index in [9.17, 15) is 9.90 Å². The minimum Gasteiger partial charge on any atom is -0.494 e. The van der Waals surface area contributed by atoms with Crippen molar-refractivity contribution < 1.29 is 14.6 Å². The number of hydrogen-bond donors (Lipinski definition) is 1. The van der Waals surface area contributed by atoms with Gasteiger partial charge in [-0.3, -0.25) is 0 Å². The van der Waals surface area contributed by atoms with E-state index in [0.717, 1.165) is 49.2 Å². The van der Waals surface area contributed by atoms with Crippen molar-refractivity contribution in [3.05, 3.63) is 53.6 Å². The second kappa shape index (κ2) is 10.6. The van der Waals surface area contributed by atoms with Gasteiger partial charge in [-0.25, -0.2) is 4.79 Å². The summed E-state index contributed by atoms with van der Waals surface area (Å²) in [5.74, 6) is -0.0532. The largest absolute Gasteiger partial charge is 0.494 e. The Morgan fingerprint density at radius 2 is 1.65 bits per heavy atom. The number of hydrogen-bond acceptors (Lipinski definition) is 2. The van der Waals surface area contributed by atoms with E-state index >= 15 is 0 Å². The van der Waals surface area contributed by atoms with Crippen molar-refractivity contribution in [2.45, 2.75) is 58.8 Å². The predicted molar refractivity (Wildman–Crippen MR) is 107 cm³/mol. The van der Waals surface area contributed by atoms with Gasteiger partial charge in [-0.15, -0.1) is 0 Å². The molecule has 26 heavy (non-hydrogen) atoms. The number of carbonyl (C=O) groups is 1. The lowest BCUT2D eigenvalue weighted by molar-refractivity contribution is 0.0697. The second-order valence-electron chi connectivity index (χ2n) is 6.72. The summed E-state index contributed by atoms with van der Waals surface area (Å²) in [5, 5.41) is 9.51. The molecule has 140 valence electrons. The zero-order valence-corrected chi connectivity index (χ0v) is 16.0. The monoisotopic (exact) mass is 354 g/mol. The van der Waals surface area contributed by atoms with E-state index < -0.39 is 5.97 Å². The van der Waals surface area contributed by atoms with Crippen LogP contribution in [0.5, 0.6) is 5.75 Å². The second-order valence-corrected chi connectivity index (χ2v) is 6.72. The maximum atomic E-state index is 11.6. The average molecular weight is 354 g/mol. The van der Waals surface area contributed by atoms with E-state index in [4.69, 9.17) is 4.74 Å². The van der Waals surface area contributed by atoms with Crippen molar-refractivity contribution in [1.82, 2.24) is 0 Å². The standard InChI is InChI=1S/C23H30O3/c1-3-5-7-8-16-26-20-13-11-19(12-14-20)22-17-18(9-6-4-2)10-15-21(22)23(24)25/h10-15,17H,3-9,16H2,1-2H3,(H,24,25). The van der Waals surface area contributed by atoms with Gasteiger partial charge in [0.2, 0.25) is 0 Å². The fraction of sp³-hybridized carbons (Fsp3) is 0.435. The third-order valence-corrected chi connectivity index (χ3v) is 4.57. The molecule has 0 aromatic heterocycles. The molecular formula is C23H30O3. The molecule has 1 N–H and O–H groups in total. The first kappa shape index (κ1) is 20.0. The summed E-state index contributed by atoms with van der Waals surface area (Å²) >= 11 is 0. The Hall–Kier alpha value is -2.29. The Kier molecular flexibility index (Phi) is 8.20. The molecule has 0 heterocycles. The zero-order chi connectivity index (χ0) is 18.8. The molecule has 0 amide bonds. The summed E-state index contributed by atoms with van der Waals surface area (Å²) in [6, 6.07) is 13.4. The summed E-state index contributed by atoms with van der Waals surface area (Å²) in [4.78, 5) is 11.6. The fourth-order valence-corrected chi connectivity index (χ4v) is 3.00. The first-order valence-corrected chi connectivity index (χ1v) is 9.75. The Bertz CT molecular complexity index is 689. The van der Waals surface area contributed by atoms with Crippen molar-refractivity contribution >= 4 is 5.97 Å². The zero-order valence-electron chi connectivity index (χ0n) is 16.0. The van der Waals surface area contributed by atoms with Gasteiger partial charge in [0.25, 0.3) is 0 Å². The third-order valence-electron chi connectivity index (χ3n) is 4.57. The molecule has 2 aromatic carbocycles. The van der Waals surface area contributed by atoms with Crippen molar-refractivity contribution in [2.75, 3.05) is 6.61 Å². The summed E-state index contributed by atoms with van der Waals surface area (Å²) < 4.78 is 5.78. The Morgan fingerprint density at radius 3 is 2.31 bits per heavy atom. The highest BCUT2D eigenvalue weighted by Gasteiger charge is 2.12. The minimum absolute atomic E-state index is 0.346. The summed E-state index contributed by atoms with van der Waals surface area (Å²) in [6.07, 6.45) is 7.94. The Labute approximate surface area is 157 Å². The highest BCUT2D eigenvalue weighted by molar-refractivity contribution is 5.96. The normalized spacial score (nSPS) is 10.7. The summed E-state index contributed by atoms with van der Waals surface area (Å²) in [5.41, 5.74) is 3.22. The lowest BCUT2D eigenvalue weighted by atomic mass is 9.95. The fourth-order valence-electron chi connectivity index (χ4n) is 3.00. The Morgan fingerprint density at radius 1 is 0.923 bits per heavy atom. The third kappa shape index (κ3) is 5.91. The van der Waals surface area contributed by atoms with Crippen LogP contribution in [-0.4, -0.2) is 17.7 Å². The molecule has 0 radical (unpaired) electrons. The van der Waals surface area contributed by atoms with Gasteiger partial charge in [0.15, 0.2) is 0 Å². The van der Waals surface area contributed by atoms with E-state index in [1.807, 2.05) is 36.4 Å². The molecule has 0 saturated carbocycles. The number of benzene rings is 2. The van der Waals surface area contributed by atoms with Gasteiger partial charge >= 0.3 is 5.97 Å². The average Bonchev–Trinajstić information content (AvgIpc) is 2.66. The van der Waals surface area contributed by atoms with E-state index in [0.29, 0.717) is 5.56 Å². The van der Waals surface area contributed by atoms with Crippen LogP contribution in [0.3, 0.4) is 0 Å². The number of aryl methyl sites for hydroxylation is 1. The lowest BCUT2D eigenvalue weighted by Gasteiger charge is -2.11. The molecule has 3 heteroatoms. The van der Waals surface area contributed by atoms with Crippen LogP contribution in [-0.2, 0) is 6.42 Å². The molecule has 0 aliphatic heterocycles. The predicted octanol–water partition coefficient (Wildman–Crippen LogP) is 6.35. The van der Waals surface area contributed by atoms with Gasteiger partial charge in [-0.1, -0.05) is 63.8 Å². The van der Waals surface area contributed by atoms with Crippen molar-refractivity contribution in [3.63, 3.8) is 0 Å².